The molecule has 0 amide bonds. The zero-order valence-corrected chi connectivity index (χ0v) is 16.0. The smallest absolute Gasteiger partial charge is 0.126 e. The summed E-state index contributed by atoms with van der Waals surface area (Å²) in [5.74, 6) is -0.344. The summed E-state index contributed by atoms with van der Waals surface area (Å²) in [6, 6.07) is 0. The Hall–Kier alpha value is 2.61. The summed E-state index contributed by atoms with van der Waals surface area (Å²) in [7, 11) is 0. The monoisotopic (exact) mass is 444 g/mol. The Morgan fingerprint density at radius 1 is 0.895 bits per heavy atom. The SMILES string of the molecule is ClCC1(C(Cl)Cl)[C@@H]2[C@@H](Cl)[C@H](Cl)C1(CCl)C(Cl)(Cl)[C@@H]2Cl. The van der Waals surface area contributed by atoms with E-state index in [1.807, 2.05) is 0 Å². The second-order valence-corrected chi connectivity index (χ2v) is 9.44. The van der Waals surface area contributed by atoms with Gasteiger partial charge in [0.2, 0.25) is 0 Å². The van der Waals surface area contributed by atoms with Crippen LogP contribution in [-0.4, -0.2) is 37.1 Å². The Bertz CT molecular complexity index is 372. The molecule has 0 radical (unpaired) electrons. The van der Waals surface area contributed by atoms with E-state index in [4.69, 9.17) is 104 Å². The topological polar surface area (TPSA) is 0 Å². The lowest BCUT2D eigenvalue weighted by atomic mass is 9.69. The highest BCUT2D eigenvalue weighted by Gasteiger charge is 2.85. The third kappa shape index (κ3) is 1.82. The van der Waals surface area contributed by atoms with Crippen LogP contribution in [0.25, 0.3) is 0 Å². The van der Waals surface area contributed by atoms with Crippen molar-refractivity contribution in [3.05, 3.63) is 0 Å². The van der Waals surface area contributed by atoms with Gasteiger partial charge in [-0.05, 0) is 0 Å². The van der Waals surface area contributed by atoms with E-state index in [0.29, 0.717) is 0 Å². The highest BCUT2D eigenvalue weighted by atomic mass is 35.5. The van der Waals surface area contributed by atoms with E-state index in [1.165, 1.54) is 0 Å². The second kappa shape index (κ2) is 5.60. The lowest BCUT2D eigenvalue weighted by molar-refractivity contribution is 0.149. The first-order valence-electron chi connectivity index (χ1n) is 5.37. The van der Waals surface area contributed by atoms with E-state index in [9.17, 15) is 0 Å². The Morgan fingerprint density at radius 3 is 1.74 bits per heavy atom. The highest BCUT2D eigenvalue weighted by Crippen LogP contribution is 2.78. The van der Waals surface area contributed by atoms with Gasteiger partial charge in [0.1, 0.15) is 9.17 Å². The molecule has 0 aromatic heterocycles. The van der Waals surface area contributed by atoms with Crippen molar-refractivity contribution in [3.8, 4) is 0 Å². The van der Waals surface area contributed by atoms with Crippen molar-refractivity contribution >= 4 is 104 Å². The van der Waals surface area contributed by atoms with Gasteiger partial charge in [0.15, 0.2) is 0 Å². The molecule has 0 saturated heterocycles. The first-order chi connectivity index (χ1) is 8.66. The molecule has 0 aromatic carbocycles. The van der Waals surface area contributed by atoms with Gasteiger partial charge in [-0.2, -0.15) is 0 Å². The summed E-state index contributed by atoms with van der Waals surface area (Å²) in [5.41, 5.74) is -2.00. The number of fused-ring (bicyclic) bond motifs is 2. The maximum Gasteiger partial charge on any atom is 0.143 e. The Labute approximate surface area is 157 Å². The average molecular weight is 448 g/mol. The predicted molar refractivity (Wildman–Crippen MR) is 88.7 cm³/mol. The molecule has 2 aliphatic carbocycles. The van der Waals surface area contributed by atoms with E-state index < -0.39 is 42.0 Å². The van der Waals surface area contributed by atoms with Crippen LogP contribution in [0, 0.1) is 16.7 Å². The molecule has 2 bridgehead atoms. The molecule has 2 fully saturated rings. The molecule has 0 heterocycles. The van der Waals surface area contributed by atoms with E-state index in [1.54, 1.807) is 0 Å². The summed E-state index contributed by atoms with van der Waals surface area (Å²) >= 11 is 56.9. The third-order valence-corrected chi connectivity index (χ3v) is 9.50. The summed E-state index contributed by atoms with van der Waals surface area (Å²) in [6.07, 6.45) is 0. The van der Waals surface area contributed by atoms with Crippen LogP contribution >= 0.6 is 104 Å². The second-order valence-electron chi connectivity index (χ2n) is 4.98. The maximum absolute atomic E-state index is 6.47. The van der Waals surface area contributed by atoms with Crippen molar-refractivity contribution in [1.82, 2.24) is 0 Å². The molecule has 2 rings (SSSR count). The van der Waals surface area contributed by atoms with Gasteiger partial charge < -0.3 is 0 Å². The Kier molecular flexibility index (Phi) is 5.30. The Balaban J connectivity index is 2.75. The summed E-state index contributed by atoms with van der Waals surface area (Å²) < 4.78 is -1.41. The summed E-state index contributed by atoms with van der Waals surface area (Å²) in [4.78, 5) is -0.889. The molecule has 0 aromatic rings. The molecular weight excluding hydrogens is 439 g/mol. The van der Waals surface area contributed by atoms with Crippen molar-refractivity contribution in [3.63, 3.8) is 0 Å². The molecule has 2 unspecified atom stereocenters. The standard InChI is InChI=1S/C10H9Cl9/c11-1-8(7(16)17)3-4(13)6(15)9(8,2-12)10(18,19)5(3)14/h3-7H,1-2H2/t3-,4-,5-,6+,8?,9?/m1/s1. The number of rotatable bonds is 3. The summed E-state index contributed by atoms with van der Waals surface area (Å²) in [5, 5.41) is -1.82. The maximum atomic E-state index is 6.47. The van der Waals surface area contributed by atoms with Gasteiger partial charge in [-0.15, -0.1) is 81.2 Å². The minimum Gasteiger partial charge on any atom is -0.126 e. The molecular formula is C10H9Cl9. The van der Waals surface area contributed by atoms with Crippen LogP contribution in [0.2, 0.25) is 0 Å². The molecule has 112 valence electrons. The van der Waals surface area contributed by atoms with E-state index in [0.717, 1.165) is 0 Å². The van der Waals surface area contributed by atoms with E-state index in [2.05, 4.69) is 0 Å². The van der Waals surface area contributed by atoms with Crippen molar-refractivity contribution in [1.29, 1.82) is 0 Å². The first kappa shape index (κ1) is 18.0. The predicted octanol–water partition coefficient (Wildman–Crippen LogP) is 5.88. The molecule has 19 heavy (non-hydrogen) atoms. The molecule has 0 N–H and O–H groups in total. The average Bonchev–Trinajstić information content (AvgIpc) is 2.64. The number of halogens is 9. The molecule has 2 aliphatic rings. The van der Waals surface area contributed by atoms with Gasteiger partial charge in [0.25, 0.3) is 0 Å². The normalized spacial score (nSPS) is 52.1. The van der Waals surface area contributed by atoms with Crippen molar-refractivity contribution in [2.24, 2.45) is 16.7 Å². The van der Waals surface area contributed by atoms with Crippen molar-refractivity contribution in [2.45, 2.75) is 25.3 Å². The largest absolute Gasteiger partial charge is 0.143 e. The molecule has 0 aliphatic heterocycles. The first-order valence-corrected chi connectivity index (χ1v) is 9.37. The quantitative estimate of drug-likeness (QED) is 0.473. The van der Waals surface area contributed by atoms with Gasteiger partial charge in [0, 0.05) is 28.5 Å². The van der Waals surface area contributed by atoms with Gasteiger partial charge in [0.05, 0.1) is 16.1 Å². The van der Waals surface area contributed by atoms with Crippen LogP contribution in [0.15, 0.2) is 0 Å². The van der Waals surface area contributed by atoms with Crippen molar-refractivity contribution < 1.29 is 0 Å². The number of hydrogen-bond donors (Lipinski definition) is 0. The van der Waals surface area contributed by atoms with Crippen LogP contribution in [-0.2, 0) is 0 Å². The fraction of sp³-hybridized carbons (Fsp3) is 1.00. The lowest BCUT2D eigenvalue weighted by Crippen LogP contribution is -2.57. The number of alkyl halides is 9. The fourth-order valence-corrected chi connectivity index (χ4v) is 8.93. The van der Waals surface area contributed by atoms with E-state index in [-0.39, 0.29) is 11.8 Å². The van der Waals surface area contributed by atoms with Crippen LogP contribution < -0.4 is 0 Å². The van der Waals surface area contributed by atoms with E-state index >= 15 is 0 Å². The molecule has 0 nitrogen and oxygen atoms in total. The molecule has 6 atom stereocenters. The summed E-state index contributed by atoms with van der Waals surface area (Å²) in [6.45, 7) is 0. The van der Waals surface area contributed by atoms with Crippen LogP contribution in [0.4, 0.5) is 0 Å². The highest BCUT2D eigenvalue weighted by molar-refractivity contribution is 6.56. The van der Waals surface area contributed by atoms with Crippen LogP contribution in [0.3, 0.4) is 0 Å². The lowest BCUT2D eigenvalue weighted by Gasteiger charge is -2.48. The number of hydrogen-bond acceptors (Lipinski definition) is 0. The minimum absolute atomic E-state index is 0.0137. The van der Waals surface area contributed by atoms with Gasteiger partial charge >= 0.3 is 0 Å². The Morgan fingerprint density at radius 2 is 1.42 bits per heavy atom. The molecule has 2 saturated carbocycles. The van der Waals surface area contributed by atoms with Gasteiger partial charge in [-0.3, -0.25) is 0 Å². The third-order valence-electron chi connectivity index (χ3n) is 4.60. The molecule has 9 heteroatoms. The van der Waals surface area contributed by atoms with Gasteiger partial charge in [-0.25, -0.2) is 0 Å². The van der Waals surface area contributed by atoms with Crippen LogP contribution in [0.5, 0.6) is 0 Å². The van der Waals surface area contributed by atoms with Crippen molar-refractivity contribution in [2.75, 3.05) is 11.8 Å². The molecule has 0 spiro atoms. The van der Waals surface area contributed by atoms with Gasteiger partial charge in [-0.1, -0.05) is 23.2 Å². The van der Waals surface area contributed by atoms with Crippen LogP contribution in [0.1, 0.15) is 0 Å². The fourth-order valence-electron chi connectivity index (χ4n) is 3.57. The zero-order chi connectivity index (χ0) is 14.8. The zero-order valence-electron chi connectivity index (χ0n) is 9.20. The minimum atomic E-state index is -1.41.